The van der Waals surface area contributed by atoms with Crippen molar-refractivity contribution in [2.75, 3.05) is 134 Å². The molecule has 7 unspecified atom stereocenters. The molecule has 0 aliphatic carbocycles. The molecule has 0 radical (unpaired) electrons. The number of esters is 10. The second-order valence-corrected chi connectivity index (χ2v) is 48.8. The van der Waals surface area contributed by atoms with Crippen molar-refractivity contribution in [3.05, 3.63) is 0 Å². The Kier molecular flexibility index (Phi) is 58.4. The highest BCUT2D eigenvalue weighted by atomic mass is 35.6. The van der Waals surface area contributed by atoms with Gasteiger partial charge >= 0.3 is 59.7 Å². The molecule has 0 spiro atoms. The van der Waals surface area contributed by atoms with E-state index in [1.54, 1.807) is 21.0 Å². The number of methoxy groups -OCH3 is 4. The number of ether oxygens (including phenoxy) is 14. The summed E-state index contributed by atoms with van der Waals surface area (Å²) in [5.74, 6) is -6.00. The largest absolute Gasteiger partial charge is 0.463 e. The molecule has 109 heavy (non-hydrogen) atoms. The molecule has 34 heteroatoms. The van der Waals surface area contributed by atoms with Crippen molar-refractivity contribution in [2.24, 2.45) is 21.7 Å². The van der Waals surface area contributed by atoms with E-state index in [1.807, 2.05) is 0 Å². The third-order valence-corrected chi connectivity index (χ3v) is 39.8. The smallest absolute Gasteiger partial charge is 0.347 e. The molecule has 1 saturated heterocycles. The van der Waals surface area contributed by atoms with Crippen LogP contribution in [0.3, 0.4) is 0 Å². The third-order valence-electron chi connectivity index (χ3n) is 18.5. The fourth-order valence-corrected chi connectivity index (χ4v) is 26.9. The molecule has 0 bridgehead atoms. The first kappa shape index (κ1) is 113. The molecule has 1 rings (SSSR count). The predicted molar refractivity (Wildman–Crippen MR) is 418 cm³/mol. The summed E-state index contributed by atoms with van der Waals surface area (Å²) in [5, 5.41) is 36.7. The molecule has 7 atom stereocenters. The van der Waals surface area contributed by atoms with Crippen LogP contribution < -0.4 is 0 Å². The Labute approximate surface area is 659 Å². The van der Waals surface area contributed by atoms with Crippen LogP contribution in [0.5, 0.6) is 0 Å². The highest BCUT2D eigenvalue weighted by Crippen LogP contribution is 2.46. The van der Waals surface area contributed by atoms with Gasteiger partial charge in [0, 0.05) is 42.3 Å². The van der Waals surface area contributed by atoms with Crippen molar-refractivity contribution in [3.8, 4) is 0 Å². The van der Waals surface area contributed by atoms with E-state index in [0.717, 1.165) is 6.92 Å². The first-order chi connectivity index (χ1) is 50.1. The minimum atomic E-state index is -2.26. The van der Waals surface area contributed by atoms with Gasteiger partial charge in [0.05, 0.1) is 66.1 Å². The lowest BCUT2D eigenvalue weighted by Crippen LogP contribution is -2.52. The number of aliphatic hydroxyl groups is 4. The normalized spacial score (nSPS) is 16.1. The summed E-state index contributed by atoms with van der Waals surface area (Å²) < 4.78 is 81.4. The Morgan fingerprint density at radius 3 is 0.798 bits per heavy atom. The van der Waals surface area contributed by atoms with E-state index < -0.39 is 150 Å². The Balaban J connectivity index is -0.000000415. The van der Waals surface area contributed by atoms with Gasteiger partial charge < -0.3 is 95.6 Å². The van der Waals surface area contributed by atoms with Crippen LogP contribution in [-0.4, -0.2) is 263 Å². The summed E-state index contributed by atoms with van der Waals surface area (Å²) in [6.45, 7) is 53.4. The van der Waals surface area contributed by atoms with Crippen molar-refractivity contribution >= 4 is 94.8 Å². The van der Waals surface area contributed by atoms with Crippen LogP contribution in [-0.2, 0) is 123 Å². The van der Waals surface area contributed by atoms with Crippen LogP contribution in [0, 0.1) is 21.7 Å². The van der Waals surface area contributed by atoms with Gasteiger partial charge in [0.2, 0.25) is 0 Å². The summed E-state index contributed by atoms with van der Waals surface area (Å²) in [6.07, 6.45) is -3.65. The summed E-state index contributed by atoms with van der Waals surface area (Å²) in [6, 6.07) is 0. The molecule has 30 nitrogen and oxygen atoms in total. The van der Waals surface area contributed by atoms with Crippen molar-refractivity contribution < 1.29 is 144 Å². The number of hydrogen-bond donors (Lipinski definition) is 4. The zero-order valence-corrected chi connectivity index (χ0v) is 75.9. The van der Waals surface area contributed by atoms with Gasteiger partial charge in [-0.15, -0.1) is 0 Å². The molecular formula is C75H145ClO30Si3. The third kappa shape index (κ3) is 39.7. The van der Waals surface area contributed by atoms with Crippen LogP contribution in [0.1, 0.15) is 194 Å². The number of carbonyl (C=O) groups is 10. The van der Waals surface area contributed by atoms with E-state index in [0.29, 0.717) is 63.1 Å². The van der Waals surface area contributed by atoms with E-state index in [9.17, 15) is 58.2 Å². The Bertz CT molecular complexity index is 2540. The first-order valence-corrected chi connectivity index (χ1v) is 44.8. The van der Waals surface area contributed by atoms with E-state index >= 15 is 0 Å². The number of hydrogen-bond acceptors (Lipinski definition) is 30. The average Bonchev–Trinajstić information content (AvgIpc) is 0.797. The zero-order chi connectivity index (χ0) is 86.4. The average molecular weight is 1650 g/mol. The van der Waals surface area contributed by atoms with E-state index in [1.165, 1.54) is 69.8 Å². The molecule has 4 N–H and O–H groups in total. The van der Waals surface area contributed by atoms with Gasteiger partial charge in [-0.3, -0.25) is 28.8 Å². The fraction of sp³-hybridized carbons (Fsp3) is 0.867. The number of carbonyl (C=O) groups excluding carboxylic acids is 10. The minimum absolute atomic E-state index is 0.0305. The lowest BCUT2D eigenvalue weighted by molar-refractivity contribution is -0.191. The summed E-state index contributed by atoms with van der Waals surface area (Å²) in [5.41, 5.74) is -0.542. The van der Waals surface area contributed by atoms with Gasteiger partial charge in [0.25, 0.3) is 0 Å². The molecule has 0 saturated carbocycles. The molecular weight excluding hydrogens is 1500 g/mol. The Hall–Kier alpha value is -4.76. The quantitative estimate of drug-likeness (QED) is 0.0145. The molecule has 1 aliphatic heterocycles. The van der Waals surface area contributed by atoms with E-state index in [2.05, 4.69) is 144 Å². The number of halogens is 1. The number of cyclic esters (lactones) is 2. The molecule has 1 heterocycles. The Morgan fingerprint density at radius 1 is 0.367 bits per heavy atom. The molecule has 0 aromatic carbocycles. The van der Waals surface area contributed by atoms with Crippen molar-refractivity contribution in [2.45, 2.75) is 268 Å². The maximum Gasteiger partial charge on any atom is 0.347 e. The van der Waals surface area contributed by atoms with Crippen molar-refractivity contribution in [3.63, 3.8) is 0 Å². The monoisotopic (exact) mass is 1640 g/mol. The standard InChI is InChI=1S/C22H42O8Si.C17H36O5Si.C13H22O8.C9H21ClSi.C8H16O5.C6H8O4/c1-15(2)31(16(3)4,17(5)6)29-14-22(9,21(25)27-12-11-26-10)13-28-20(24)18(7)30-19(8)23;1-13(2)23(14(3)4,15(5)6)22-12-17(7,11-18)16(19)21-10-9-20-8;1-9(21-10(2)15)11(16)20-8-13(3,7-14)12(17)19-6-5-18-4;1-7(2)11(10,8(3)4)9(5)6;1-8(5-9,6-10)7(11)13-4-3-12-2;1-3-5(7)10-4(2)6(8)9-3/h15-18H,11-14H2,1-10H3;13-15,18H,9-12H2,1-8H3;9,14H,5-8H2,1-4H3;7-9H,1-6H3;9-10H,3-6H2,1-2H3;3-4H,1-2H3. The SMILES string of the molecule is CC(C)[Si](Cl)(C(C)C)C(C)C.CC1OC(=O)C(C)OC1=O.COCCOC(=O)C(C)(CO)CO.COCCOC(=O)C(C)(CO)COC(=O)C(C)OC(C)=O.COCCOC(=O)C(C)(CO)CO[Si](C(C)C)(C(C)C)C(C)C.COCCOC(=O)C(C)(COC(=O)C(C)OC(C)=O)CO[Si](C(C)C)(C(C)C)C(C)C. The highest BCUT2D eigenvalue weighted by molar-refractivity contribution is 7.22. The van der Waals surface area contributed by atoms with Crippen molar-refractivity contribution in [1.82, 2.24) is 0 Å². The summed E-state index contributed by atoms with van der Waals surface area (Å²) >= 11 is 6.68. The van der Waals surface area contributed by atoms with Crippen LogP contribution >= 0.6 is 11.1 Å². The lowest BCUT2D eigenvalue weighted by atomic mass is 9.93. The molecule has 1 fully saturated rings. The van der Waals surface area contributed by atoms with Gasteiger partial charge in [-0.25, -0.2) is 19.2 Å². The number of rotatable bonds is 43. The van der Waals surface area contributed by atoms with Crippen LogP contribution in [0.25, 0.3) is 0 Å². The molecule has 1 aliphatic rings. The molecule has 0 amide bonds. The van der Waals surface area contributed by atoms with Crippen LogP contribution in [0.4, 0.5) is 0 Å². The van der Waals surface area contributed by atoms with E-state index in [-0.39, 0.29) is 72.7 Å². The van der Waals surface area contributed by atoms with Gasteiger partial charge in [-0.1, -0.05) is 125 Å². The second kappa shape index (κ2) is 56.5. The maximum atomic E-state index is 12.9. The fourth-order valence-electron chi connectivity index (χ4n) is 11.7. The van der Waals surface area contributed by atoms with Crippen molar-refractivity contribution in [1.29, 1.82) is 0 Å². The minimum Gasteiger partial charge on any atom is -0.463 e. The zero-order valence-electron chi connectivity index (χ0n) is 72.1. The molecule has 0 aromatic rings. The lowest BCUT2D eigenvalue weighted by Gasteiger charge is -2.44. The highest BCUT2D eigenvalue weighted by Gasteiger charge is 2.50. The van der Waals surface area contributed by atoms with Gasteiger partial charge in [0.1, 0.15) is 61.3 Å². The van der Waals surface area contributed by atoms with Crippen LogP contribution in [0.2, 0.25) is 49.9 Å². The van der Waals surface area contributed by atoms with Gasteiger partial charge in [-0.2, -0.15) is 11.1 Å². The molecule has 644 valence electrons. The summed E-state index contributed by atoms with van der Waals surface area (Å²) in [4.78, 5) is 115. The predicted octanol–water partition coefficient (Wildman–Crippen LogP) is 10.3. The van der Waals surface area contributed by atoms with Gasteiger partial charge in [-0.05, 0) is 105 Å². The summed E-state index contributed by atoms with van der Waals surface area (Å²) in [7, 11) is 0.161. The van der Waals surface area contributed by atoms with Crippen LogP contribution in [0.15, 0.2) is 0 Å². The second-order valence-electron chi connectivity index (χ2n) is 30.8. The van der Waals surface area contributed by atoms with Gasteiger partial charge in [0.15, 0.2) is 48.4 Å². The number of aliphatic hydroxyl groups excluding tert-OH is 4. The maximum absolute atomic E-state index is 12.9. The molecule has 0 aromatic heterocycles. The topological polar surface area (TPSA) is 399 Å². The van der Waals surface area contributed by atoms with E-state index in [4.69, 9.17) is 77.5 Å². The first-order valence-electron chi connectivity index (χ1n) is 37.3. The Morgan fingerprint density at radius 2 is 0.587 bits per heavy atom.